The van der Waals surface area contributed by atoms with Crippen molar-refractivity contribution in [3.63, 3.8) is 0 Å². The Balaban J connectivity index is 2.29. The van der Waals surface area contributed by atoms with Gasteiger partial charge in [-0.25, -0.2) is 8.42 Å². The van der Waals surface area contributed by atoms with Gasteiger partial charge in [0.25, 0.3) is 0 Å². The number of sulfone groups is 1. The molecule has 1 heterocycles. The lowest BCUT2D eigenvalue weighted by Crippen LogP contribution is -2.44. The predicted molar refractivity (Wildman–Crippen MR) is 58.7 cm³/mol. The van der Waals surface area contributed by atoms with Gasteiger partial charge in [-0.1, -0.05) is 0 Å². The van der Waals surface area contributed by atoms with Crippen molar-refractivity contribution < 1.29 is 13.2 Å². The van der Waals surface area contributed by atoms with Crippen LogP contribution >= 0.6 is 11.6 Å². The van der Waals surface area contributed by atoms with Crippen molar-refractivity contribution in [1.82, 2.24) is 10.2 Å². The van der Waals surface area contributed by atoms with Gasteiger partial charge >= 0.3 is 5.37 Å². The predicted octanol–water partition coefficient (Wildman–Crippen LogP) is 0.401. The van der Waals surface area contributed by atoms with Crippen molar-refractivity contribution in [3.05, 3.63) is 0 Å². The summed E-state index contributed by atoms with van der Waals surface area (Å²) in [4.78, 5) is 12.4. The maximum Gasteiger partial charge on any atom is 0.316 e. The fourth-order valence-electron chi connectivity index (χ4n) is 1.53. The van der Waals surface area contributed by atoms with Crippen LogP contribution in [0.5, 0.6) is 0 Å². The number of likely N-dealkylation sites (tertiary alicyclic amines) is 1. The highest BCUT2D eigenvalue weighted by molar-refractivity contribution is 7.90. The number of nitrogens with one attached hydrogen (secondary N) is 1. The van der Waals surface area contributed by atoms with Gasteiger partial charge in [-0.15, -0.1) is 0 Å². The lowest BCUT2D eigenvalue weighted by atomic mass is 10.1. The second-order valence-corrected chi connectivity index (χ2v) is 6.25. The number of hydrogen-bond donors (Lipinski definition) is 1. The van der Waals surface area contributed by atoms with Crippen LogP contribution in [-0.2, 0) is 9.84 Å². The van der Waals surface area contributed by atoms with Gasteiger partial charge in [0, 0.05) is 25.4 Å². The Bertz CT molecular complexity index is 323. The van der Waals surface area contributed by atoms with E-state index < -0.39 is 15.2 Å². The van der Waals surface area contributed by atoms with Crippen LogP contribution in [0.25, 0.3) is 0 Å². The fourth-order valence-corrected chi connectivity index (χ4v) is 2.24. The highest BCUT2D eigenvalue weighted by Crippen LogP contribution is 2.12. The zero-order valence-corrected chi connectivity index (χ0v) is 10.1. The van der Waals surface area contributed by atoms with Gasteiger partial charge in [0.1, 0.15) is 0 Å². The molecule has 0 spiro atoms. The zero-order valence-electron chi connectivity index (χ0n) is 8.57. The molecule has 0 aromatic carbocycles. The van der Waals surface area contributed by atoms with Crippen molar-refractivity contribution in [3.8, 4) is 0 Å². The molecule has 1 amide bonds. The van der Waals surface area contributed by atoms with Crippen LogP contribution in [-0.4, -0.2) is 49.9 Å². The number of amides is 1. The highest BCUT2D eigenvalue weighted by atomic mass is 35.5. The number of carbonyl (C=O) groups is 1. The third-order valence-corrected chi connectivity index (χ3v) is 3.31. The first kappa shape index (κ1) is 12.7. The third kappa shape index (κ3) is 4.81. The molecular formula is C8H15ClN2O3S. The molecule has 0 aromatic rings. The number of piperidine rings is 1. The van der Waals surface area contributed by atoms with Crippen LogP contribution in [0.1, 0.15) is 12.8 Å². The van der Waals surface area contributed by atoms with Gasteiger partial charge in [0.2, 0.25) is 0 Å². The number of nitrogens with zero attached hydrogens (tertiary/aromatic N) is 1. The SMILES string of the molecule is CS(=O)(=O)CNC1CCN(C(=O)Cl)CC1. The molecule has 1 N–H and O–H groups in total. The number of halogens is 1. The zero-order chi connectivity index (χ0) is 11.5. The Morgan fingerprint density at radius 1 is 1.47 bits per heavy atom. The Hall–Kier alpha value is -0.330. The molecule has 0 aliphatic carbocycles. The molecule has 7 heteroatoms. The summed E-state index contributed by atoms with van der Waals surface area (Å²) < 4.78 is 21.8. The van der Waals surface area contributed by atoms with E-state index in [2.05, 4.69) is 5.32 Å². The lowest BCUT2D eigenvalue weighted by Gasteiger charge is -2.30. The molecule has 5 nitrogen and oxygen atoms in total. The smallest absolute Gasteiger partial charge is 0.316 e. The van der Waals surface area contributed by atoms with Crippen LogP contribution in [0, 0.1) is 0 Å². The summed E-state index contributed by atoms with van der Waals surface area (Å²) in [5.74, 6) is -0.00745. The van der Waals surface area contributed by atoms with E-state index in [4.69, 9.17) is 11.6 Å². The minimum Gasteiger partial charge on any atom is -0.329 e. The van der Waals surface area contributed by atoms with Gasteiger partial charge in [-0.05, 0) is 24.4 Å². The normalized spacial score (nSPS) is 19.2. The molecule has 0 saturated carbocycles. The maximum absolute atomic E-state index is 10.9. The molecule has 0 aromatic heterocycles. The molecule has 1 rings (SSSR count). The first-order valence-electron chi connectivity index (χ1n) is 4.74. The molecule has 88 valence electrons. The maximum atomic E-state index is 10.9. The van der Waals surface area contributed by atoms with E-state index in [0.29, 0.717) is 13.1 Å². The van der Waals surface area contributed by atoms with Crippen LogP contribution in [0.4, 0.5) is 4.79 Å². The molecule has 1 aliphatic heterocycles. The quantitative estimate of drug-likeness (QED) is 0.585. The molecule has 1 fully saturated rings. The summed E-state index contributed by atoms with van der Waals surface area (Å²) in [6, 6.07) is 0.159. The molecule has 1 aliphatic rings. The number of carbonyl (C=O) groups excluding carboxylic acids is 1. The number of rotatable bonds is 3. The Labute approximate surface area is 94.7 Å². The molecule has 0 atom stereocenters. The summed E-state index contributed by atoms with van der Waals surface area (Å²) in [7, 11) is -2.97. The Morgan fingerprint density at radius 3 is 2.40 bits per heavy atom. The van der Waals surface area contributed by atoms with Crippen molar-refractivity contribution >= 4 is 26.8 Å². The van der Waals surface area contributed by atoms with E-state index in [1.807, 2.05) is 0 Å². The average molecular weight is 255 g/mol. The van der Waals surface area contributed by atoms with Crippen molar-refractivity contribution in [1.29, 1.82) is 0 Å². The highest BCUT2D eigenvalue weighted by Gasteiger charge is 2.21. The van der Waals surface area contributed by atoms with Gasteiger partial charge < -0.3 is 10.2 Å². The molecule has 0 bridgehead atoms. The summed E-state index contributed by atoms with van der Waals surface area (Å²) in [6.07, 6.45) is 2.68. The van der Waals surface area contributed by atoms with Crippen LogP contribution in [0.15, 0.2) is 0 Å². The first-order chi connectivity index (χ1) is 6.88. The molecule has 1 saturated heterocycles. The Kier molecular flexibility index (Phi) is 4.36. The fraction of sp³-hybridized carbons (Fsp3) is 0.875. The second kappa shape index (κ2) is 5.14. The van der Waals surface area contributed by atoms with Crippen LogP contribution < -0.4 is 5.32 Å². The lowest BCUT2D eigenvalue weighted by molar-refractivity contribution is 0.199. The second-order valence-electron chi connectivity index (χ2n) is 3.79. The average Bonchev–Trinajstić information content (AvgIpc) is 2.14. The van der Waals surface area contributed by atoms with Crippen molar-refractivity contribution in [2.24, 2.45) is 0 Å². The monoisotopic (exact) mass is 254 g/mol. The topological polar surface area (TPSA) is 66.5 Å². The van der Waals surface area contributed by atoms with Crippen molar-refractivity contribution in [2.75, 3.05) is 25.2 Å². The van der Waals surface area contributed by atoms with Gasteiger partial charge in [-0.3, -0.25) is 4.79 Å². The third-order valence-electron chi connectivity index (χ3n) is 2.38. The standard InChI is InChI=1S/C8H15ClN2O3S/c1-15(13,14)6-10-7-2-4-11(5-3-7)8(9)12/h7,10H,2-6H2,1H3. The molecular weight excluding hydrogens is 240 g/mol. The summed E-state index contributed by atoms with van der Waals surface area (Å²) in [6.45, 7) is 1.17. The van der Waals surface area contributed by atoms with Crippen LogP contribution in [0.2, 0.25) is 0 Å². The number of hydrogen-bond acceptors (Lipinski definition) is 4. The largest absolute Gasteiger partial charge is 0.329 e. The molecule has 0 radical (unpaired) electrons. The summed E-state index contributed by atoms with van der Waals surface area (Å²) >= 11 is 5.32. The minimum absolute atomic E-state index is 0.00745. The minimum atomic E-state index is -2.97. The van der Waals surface area contributed by atoms with Gasteiger partial charge in [0.05, 0.1) is 5.88 Å². The van der Waals surface area contributed by atoms with Gasteiger partial charge in [0.15, 0.2) is 9.84 Å². The molecule has 15 heavy (non-hydrogen) atoms. The summed E-state index contributed by atoms with van der Waals surface area (Å²) in [5, 5.41) is 2.52. The Morgan fingerprint density at radius 2 is 2.00 bits per heavy atom. The van der Waals surface area contributed by atoms with Crippen LogP contribution in [0.3, 0.4) is 0 Å². The van der Waals surface area contributed by atoms with E-state index in [-0.39, 0.29) is 11.9 Å². The summed E-state index contributed by atoms with van der Waals surface area (Å²) in [5.41, 5.74) is 0. The van der Waals surface area contributed by atoms with E-state index in [9.17, 15) is 13.2 Å². The van der Waals surface area contributed by atoms with E-state index in [1.54, 1.807) is 4.90 Å². The van der Waals surface area contributed by atoms with E-state index in [1.165, 1.54) is 6.26 Å². The van der Waals surface area contributed by atoms with Crippen molar-refractivity contribution in [2.45, 2.75) is 18.9 Å². The van der Waals surface area contributed by atoms with E-state index in [0.717, 1.165) is 12.8 Å². The first-order valence-corrected chi connectivity index (χ1v) is 7.18. The van der Waals surface area contributed by atoms with Gasteiger partial charge in [-0.2, -0.15) is 0 Å². The molecule has 0 unspecified atom stereocenters. The van der Waals surface area contributed by atoms with E-state index >= 15 is 0 Å².